The maximum atomic E-state index is 2.33. The van der Waals surface area contributed by atoms with Crippen LogP contribution in [-0.4, -0.2) is 0 Å². The van der Waals surface area contributed by atoms with Crippen LogP contribution in [0.1, 0.15) is 31.4 Å². The van der Waals surface area contributed by atoms with Gasteiger partial charge in [-0.1, -0.05) is 41.5 Å². The Balaban J connectivity index is 2.38. The van der Waals surface area contributed by atoms with E-state index in [9.17, 15) is 0 Å². The highest BCUT2D eigenvalue weighted by atomic mass is 14.2. The molecule has 0 spiro atoms. The second-order valence-electron chi connectivity index (χ2n) is 4.09. The molecule has 0 N–H and O–H groups in total. The van der Waals surface area contributed by atoms with Crippen molar-refractivity contribution in [2.75, 3.05) is 0 Å². The van der Waals surface area contributed by atoms with E-state index in [1.54, 1.807) is 0 Å². The minimum Gasteiger partial charge on any atom is -0.0723 e. The number of aryl methyl sites for hydroxylation is 1. The van der Waals surface area contributed by atoms with E-state index in [1.165, 1.54) is 27.8 Å². The minimum atomic E-state index is 1.12. The second kappa shape index (κ2) is 3.45. The zero-order chi connectivity index (χ0) is 10.1. The Kier molecular flexibility index (Phi) is 2.28. The fraction of sp³-hybridized carbons (Fsp3) is 0.286. The van der Waals surface area contributed by atoms with Crippen LogP contribution >= 0.6 is 0 Å². The van der Waals surface area contributed by atoms with E-state index in [4.69, 9.17) is 0 Å². The van der Waals surface area contributed by atoms with Gasteiger partial charge in [-0.15, -0.1) is 0 Å². The summed E-state index contributed by atoms with van der Waals surface area (Å²) in [6, 6.07) is 8.78. The van der Waals surface area contributed by atoms with Crippen molar-refractivity contribution in [1.82, 2.24) is 0 Å². The molecule has 72 valence electrons. The van der Waals surface area contributed by atoms with Crippen molar-refractivity contribution in [2.24, 2.45) is 0 Å². The first-order valence-corrected chi connectivity index (χ1v) is 5.12. The molecule has 1 aliphatic rings. The van der Waals surface area contributed by atoms with Crippen molar-refractivity contribution in [3.05, 3.63) is 52.6 Å². The Morgan fingerprint density at radius 3 is 2.07 bits per heavy atom. The number of allylic oxidation sites excluding steroid dienone is 4. The third kappa shape index (κ3) is 1.52. The molecule has 0 aliphatic heterocycles. The van der Waals surface area contributed by atoms with Gasteiger partial charge in [0.15, 0.2) is 0 Å². The van der Waals surface area contributed by atoms with Gasteiger partial charge in [-0.25, -0.2) is 0 Å². The van der Waals surface area contributed by atoms with Crippen LogP contribution in [0.2, 0.25) is 0 Å². The molecule has 0 nitrogen and oxygen atoms in total. The Labute approximate surface area is 86.0 Å². The van der Waals surface area contributed by atoms with E-state index in [-0.39, 0.29) is 0 Å². The Bertz CT molecular complexity index is 402. The van der Waals surface area contributed by atoms with Crippen LogP contribution in [0.4, 0.5) is 0 Å². The smallest absolute Gasteiger partial charge is 0.0126 e. The van der Waals surface area contributed by atoms with Gasteiger partial charge in [0.25, 0.3) is 0 Å². The van der Waals surface area contributed by atoms with Gasteiger partial charge in [0.2, 0.25) is 0 Å². The summed E-state index contributed by atoms with van der Waals surface area (Å²) in [5.41, 5.74) is 7.05. The van der Waals surface area contributed by atoms with E-state index < -0.39 is 0 Å². The molecule has 14 heavy (non-hydrogen) atoms. The van der Waals surface area contributed by atoms with Crippen molar-refractivity contribution in [1.29, 1.82) is 0 Å². The third-order valence-electron chi connectivity index (χ3n) is 3.02. The molecule has 2 rings (SSSR count). The summed E-state index contributed by atoms with van der Waals surface area (Å²) in [7, 11) is 0. The normalized spacial score (nSPS) is 16.1. The van der Waals surface area contributed by atoms with E-state index in [0.717, 1.165) is 6.42 Å². The summed E-state index contributed by atoms with van der Waals surface area (Å²) < 4.78 is 0. The average Bonchev–Trinajstić information content (AvgIpc) is 2.50. The molecule has 0 saturated heterocycles. The molecule has 0 atom stereocenters. The molecule has 0 bridgehead atoms. The Morgan fingerprint density at radius 1 is 0.929 bits per heavy atom. The molecule has 0 radical (unpaired) electrons. The van der Waals surface area contributed by atoms with Crippen LogP contribution < -0.4 is 0 Å². The van der Waals surface area contributed by atoms with Crippen LogP contribution in [0.25, 0.3) is 5.57 Å². The van der Waals surface area contributed by atoms with Crippen molar-refractivity contribution in [3.8, 4) is 0 Å². The molecule has 1 aliphatic carbocycles. The Hall–Kier alpha value is -1.30. The molecule has 0 unspecified atom stereocenters. The summed E-state index contributed by atoms with van der Waals surface area (Å²) in [6.45, 7) is 6.56. The highest BCUT2D eigenvalue weighted by Gasteiger charge is 2.11. The fourth-order valence-corrected chi connectivity index (χ4v) is 1.86. The number of hydrogen-bond donors (Lipinski definition) is 0. The van der Waals surface area contributed by atoms with Crippen LogP contribution in [0.3, 0.4) is 0 Å². The van der Waals surface area contributed by atoms with Gasteiger partial charge in [0.05, 0.1) is 0 Å². The predicted octanol–water partition coefficient (Wildman–Crippen LogP) is 4.12. The van der Waals surface area contributed by atoms with Crippen molar-refractivity contribution >= 4 is 5.57 Å². The second-order valence-corrected chi connectivity index (χ2v) is 4.09. The van der Waals surface area contributed by atoms with Gasteiger partial charge in [-0.3, -0.25) is 0 Å². The molecule has 0 heterocycles. The van der Waals surface area contributed by atoms with Crippen LogP contribution in [0.5, 0.6) is 0 Å². The predicted molar refractivity (Wildman–Crippen MR) is 62.1 cm³/mol. The van der Waals surface area contributed by atoms with Crippen molar-refractivity contribution in [3.63, 3.8) is 0 Å². The lowest BCUT2D eigenvalue weighted by molar-refractivity contribution is 1.22. The summed E-state index contributed by atoms with van der Waals surface area (Å²) in [6.07, 6.45) is 3.45. The molecule has 0 saturated carbocycles. The first-order chi connectivity index (χ1) is 6.68. The summed E-state index contributed by atoms with van der Waals surface area (Å²) in [4.78, 5) is 0. The minimum absolute atomic E-state index is 1.12. The summed E-state index contributed by atoms with van der Waals surface area (Å²) in [5, 5.41) is 0. The third-order valence-corrected chi connectivity index (χ3v) is 3.02. The van der Waals surface area contributed by atoms with Crippen LogP contribution in [0.15, 0.2) is 41.5 Å². The molecular weight excluding hydrogens is 168 g/mol. The summed E-state index contributed by atoms with van der Waals surface area (Å²) in [5.74, 6) is 0. The van der Waals surface area contributed by atoms with Gasteiger partial charge in [0.1, 0.15) is 0 Å². The molecule has 0 fully saturated rings. The largest absolute Gasteiger partial charge is 0.0723 e. The van der Waals surface area contributed by atoms with Gasteiger partial charge < -0.3 is 0 Å². The Morgan fingerprint density at radius 2 is 1.57 bits per heavy atom. The monoisotopic (exact) mass is 184 g/mol. The number of benzene rings is 1. The van der Waals surface area contributed by atoms with Crippen molar-refractivity contribution < 1.29 is 0 Å². The topological polar surface area (TPSA) is 0 Å². The van der Waals surface area contributed by atoms with E-state index in [2.05, 4.69) is 51.1 Å². The van der Waals surface area contributed by atoms with Crippen molar-refractivity contribution in [2.45, 2.75) is 27.2 Å². The lowest BCUT2D eigenvalue weighted by Crippen LogP contribution is -1.84. The molecular formula is C14H16. The fourth-order valence-electron chi connectivity index (χ4n) is 1.86. The summed E-state index contributed by atoms with van der Waals surface area (Å²) >= 11 is 0. The molecule has 1 aromatic carbocycles. The standard InChI is InChI=1S/C14H16/c1-10-4-7-13(8-5-10)14-9-6-11(2)12(14)3/h4-5,7-9H,6H2,1-3H3. The maximum absolute atomic E-state index is 2.33. The average molecular weight is 184 g/mol. The highest BCUT2D eigenvalue weighted by Crippen LogP contribution is 2.32. The lowest BCUT2D eigenvalue weighted by Gasteiger charge is -2.05. The number of rotatable bonds is 1. The zero-order valence-electron chi connectivity index (χ0n) is 9.09. The van der Waals surface area contributed by atoms with E-state index >= 15 is 0 Å². The quantitative estimate of drug-likeness (QED) is 0.616. The zero-order valence-corrected chi connectivity index (χ0v) is 9.09. The van der Waals surface area contributed by atoms with E-state index in [1.807, 2.05) is 0 Å². The SMILES string of the molecule is CC1=C(C)C(c2ccc(C)cc2)=CC1. The van der Waals surface area contributed by atoms with Gasteiger partial charge in [-0.2, -0.15) is 0 Å². The van der Waals surface area contributed by atoms with Gasteiger partial charge in [0, 0.05) is 0 Å². The highest BCUT2D eigenvalue weighted by molar-refractivity contribution is 5.82. The first kappa shape index (κ1) is 9.26. The van der Waals surface area contributed by atoms with Crippen LogP contribution in [-0.2, 0) is 0 Å². The lowest BCUT2D eigenvalue weighted by atomic mass is 10.00. The molecule has 0 heteroatoms. The first-order valence-electron chi connectivity index (χ1n) is 5.12. The molecule has 0 amide bonds. The van der Waals surface area contributed by atoms with Gasteiger partial charge in [-0.05, 0) is 43.9 Å². The molecule has 1 aromatic rings. The van der Waals surface area contributed by atoms with Crippen LogP contribution in [0, 0.1) is 6.92 Å². The van der Waals surface area contributed by atoms with E-state index in [0.29, 0.717) is 0 Å². The maximum Gasteiger partial charge on any atom is -0.0126 e. The van der Waals surface area contributed by atoms with Gasteiger partial charge >= 0.3 is 0 Å². The molecule has 0 aromatic heterocycles. The number of hydrogen-bond acceptors (Lipinski definition) is 0.